The molecule has 0 aliphatic rings. The second kappa shape index (κ2) is 6.94. The van der Waals surface area contributed by atoms with Gasteiger partial charge in [0.25, 0.3) is 5.91 Å². The van der Waals surface area contributed by atoms with E-state index in [9.17, 15) is 9.59 Å². The van der Waals surface area contributed by atoms with Crippen LogP contribution in [0.25, 0.3) is 0 Å². The number of aryl methyl sites for hydroxylation is 1. The van der Waals surface area contributed by atoms with Crippen LogP contribution in [0.2, 0.25) is 0 Å². The first-order valence-electron chi connectivity index (χ1n) is 6.08. The number of ether oxygens (including phenoxy) is 1. The third-order valence-electron chi connectivity index (χ3n) is 2.51. The van der Waals surface area contributed by atoms with E-state index in [4.69, 9.17) is 9.15 Å². The third-order valence-corrected chi connectivity index (χ3v) is 3.13. The van der Waals surface area contributed by atoms with Crippen molar-refractivity contribution in [2.24, 2.45) is 0 Å². The maximum Gasteiger partial charge on any atom is 0.305 e. The van der Waals surface area contributed by atoms with E-state index in [1.165, 1.54) is 12.3 Å². The Morgan fingerprint density at radius 1 is 1.29 bits per heavy atom. The molecule has 6 nitrogen and oxygen atoms in total. The van der Waals surface area contributed by atoms with Gasteiger partial charge >= 0.3 is 5.91 Å². The molecule has 0 radical (unpaired) electrons. The van der Waals surface area contributed by atoms with E-state index in [2.05, 4.69) is 26.8 Å². The van der Waals surface area contributed by atoms with Crippen LogP contribution in [0.5, 0.6) is 5.75 Å². The average Bonchev–Trinajstić information content (AvgIpc) is 2.98. The first-order valence-corrected chi connectivity index (χ1v) is 6.87. The molecule has 0 spiro atoms. The number of benzene rings is 1. The second-order valence-corrected chi connectivity index (χ2v) is 5.06. The fourth-order valence-electron chi connectivity index (χ4n) is 1.50. The lowest BCUT2D eigenvalue weighted by atomic mass is 10.2. The van der Waals surface area contributed by atoms with Crippen LogP contribution < -0.4 is 15.6 Å². The Balaban J connectivity index is 1.78. The van der Waals surface area contributed by atoms with Crippen LogP contribution in [0.3, 0.4) is 0 Å². The van der Waals surface area contributed by atoms with E-state index >= 15 is 0 Å². The predicted molar refractivity (Wildman–Crippen MR) is 78.7 cm³/mol. The Hall–Kier alpha value is -2.28. The van der Waals surface area contributed by atoms with Crippen LogP contribution >= 0.6 is 15.9 Å². The first kappa shape index (κ1) is 15.1. The number of rotatable bonds is 4. The van der Waals surface area contributed by atoms with E-state index in [-0.39, 0.29) is 12.4 Å². The lowest BCUT2D eigenvalue weighted by Gasteiger charge is -2.09. The molecule has 0 saturated heterocycles. The lowest BCUT2D eigenvalue weighted by Crippen LogP contribution is -2.43. The molecule has 0 saturated carbocycles. The highest BCUT2D eigenvalue weighted by Gasteiger charge is 2.10. The number of carbonyl (C=O) groups excluding carboxylic acids is 2. The van der Waals surface area contributed by atoms with E-state index < -0.39 is 11.8 Å². The summed E-state index contributed by atoms with van der Waals surface area (Å²) in [4.78, 5) is 23.1. The molecule has 2 amide bonds. The summed E-state index contributed by atoms with van der Waals surface area (Å²) >= 11 is 3.35. The molecule has 7 heteroatoms. The second-order valence-electron chi connectivity index (χ2n) is 4.20. The Morgan fingerprint density at radius 3 is 2.76 bits per heavy atom. The number of hydrogen-bond acceptors (Lipinski definition) is 4. The zero-order chi connectivity index (χ0) is 15.2. The summed E-state index contributed by atoms with van der Waals surface area (Å²) in [5, 5.41) is 0. The van der Waals surface area contributed by atoms with Gasteiger partial charge < -0.3 is 9.15 Å². The fraction of sp³-hybridized carbons (Fsp3) is 0.143. The summed E-state index contributed by atoms with van der Waals surface area (Å²) < 4.78 is 11.0. The molecule has 1 aromatic heterocycles. The van der Waals surface area contributed by atoms with E-state index in [1.54, 1.807) is 12.1 Å². The summed E-state index contributed by atoms with van der Waals surface area (Å²) in [6, 6.07) is 8.58. The van der Waals surface area contributed by atoms with E-state index in [0.29, 0.717) is 5.75 Å². The van der Waals surface area contributed by atoms with Crippen molar-refractivity contribution < 1.29 is 18.7 Å². The molecule has 0 unspecified atom stereocenters. The van der Waals surface area contributed by atoms with Crippen LogP contribution in [0.15, 0.2) is 45.5 Å². The molecule has 0 atom stereocenters. The molecular formula is C14H13BrN2O4. The molecule has 0 aliphatic carbocycles. The molecule has 1 heterocycles. The topological polar surface area (TPSA) is 80.6 Å². The van der Waals surface area contributed by atoms with E-state index in [1.807, 2.05) is 19.1 Å². The van der Waals surface area contributed by atoms with Crippen molar-refractivity contribution in [3.63, 3.8) is 0 Å². The van der Waals surface area contributed by atoms with Crippen LogP contribution in [0, 0.1) is 6.92 Å². The van der Waals surface area contributed by atoms with Crippen molar-refractivity contribution in [3.8, 4) is 5.75 Å². The molecule has 2 rings (SSSR count). The summed E-state index contributed by atoms with van der Waals surface area (Å²) in [7, 11) is 0. The van der Waals surface area contributed by atoms with Crippen molar-refractivity contribution in [1.29, 1.82) is 0 Å². The molecule has 2 aromatic rings. The van der Waals surface area contributed by atoms with Crippen molar-refractivity contribution >= 4 is 27.7 Å². The molecule has 0 fully saturated rings. The summed E-state index contributed by atoms with van der Waals surface area (Å²) in [6.07, 6.45) is 1.37. The Morgan fingerprint density at radius 2 is 2.10 bits per heavy atom. The zero-order valence-corrected chi connectivity index (χ0v) is 12.8. The average molecular weight is 353 g/mol. The first-order chi connectivity index (χ1) is 10.1. The summed E-state index contributed by atoms with van der Waals surface area (Å²) in [6.45, 7) is 1.73. The number of furan rings is 1. The number of amides is 2. The Bertz CT molecular complexity index is 640. The molecule has 0 bridgehead atoms. The van der Waals surface area contributed by atoms with Gasteiger partial charge in [0.1, 0.15) is 5.75 Å². The van der Waals surface area contributed by atoms with Gasteiger partial charge in [-0.25, -0.2) is 0 Å². The van der Waals surface area contributed by atoms with Crippen molar-refractivity contribution in [2.45, 2.75) is 6.92 Å². The predicted octanol–water partition coefficient (Wildman–Crippen LogP) is 2.19. The highest BCUT2D eigenvalue weighted by molar-refractivity contribution is 9.10. The van der Waals surface area contributed by atoms with Crippen LogP contribution in [0.1, 0.15) is 16.1 Å². The van der Waals surface area contributed by atoms with Crippen LogP contribution in [-0.4, -0.2) is 18.4 Å². The summed E-state index contributed by atoms with van der Waals surface area (Å²) in [5.41, 5.74) is 5.53. The van der Waals surface area contributed by atoms with Gasteiger partial charge in [0.05, 0.1) is 10.7 Å². The van der Waals surface area contributed by atoms with Gasteiger partial charge in [-0.2, -0.15) is 0 Å². The minimum Gasteiger partial charge on any atom is -0.483 e. The number of hydrazine groups is 1. The number of nitrogens with one attached hydrogen (secondary N) is 2. The van der Waals surface area contributed by atoms with Crippen molar-refractivity contribution in [2.75, 3.05) is 6.61 Å². The molecule has 21 heavy (non-hydrogen) atoms. The van der Waals surface area contributed by atoms with Gasteiger partial charge in [0, 0.05) is 0 Å². The monoisotopic (exact) mass is 352 g/mol. The number of halogens is 1. The third kappa shape index (κ3) is 4.35. The molecule has 2 N–H and O–H groups in total. The molecular weight excluding hydrogens is 340 g/mol. The summed E-state index contributed by atoms with van der Waals surface area (Å²) in [5.74, 6) is -0.363. The highest BCUT2D eigenvalue weighted by atomic mass is 79.9. The van der Waals surface area contributed by atoms with Gasteiger partial charge in [0.15, 0.2) is 12.4 Å². The SMILES string of the molecule is Cc1ccc(OCC(=O)NNC(=O)c2ccco2)c(Br)c1. The van der Waals surface area contributed by atoms with Gasteiger partial charge in [-0.3, -0.25) is 20.4 Å². The van der Waals surface area contributed by atoms with Gasteiger partial charge in [-0.15, -0.1) is 0 Å². The number of hydrogen-bond donors (Lipinski definition) is 2. The largest absolute Gasteiger partial charge is 0.483 e. The van der Waals surface area contributed by atoms with Crippen molar-refractivity contribution in [3.05, 3.63) is 52.4 Å². The van der Waals surface area contributed by atoms with Gasteiger partial charge in [-0.1, -0.05) is 6.07 Å². The minimum atomic E-state index is -0.537. The van der Waals surface area contributed by atoms with E-state index in [0.717, 1.165) is 10.0 Å². The molecule has 110 valence electrons. The number of carbonyl (C=O) groups is 2. The maximum atomic E-state index is 11.6. The smallest absolute Gasteiger partial charge is 0.305 e. The van der Waals surface area contributed by atoms with Crippen LogP contribution in [-0.2, 0) is 4.79 Å². The lowest BCUT2D eigenvalue weighted by molar-refractivity contribution is -0.123. The Kier molecular flexibility index (Phi) is 4.99. The maximum absolute atomic E-state index is 11.6. The zero-order valence-electron chi connectivity index (χ0n) is 11.2. The molecule has 1 aromatic carbocycles. The highest BCUT2D eigenvalue weighted by Crippen LogP contribution is 2.25. The standard InChI is InChI=1S/C14H13BrN2O4/c1-9-4-5-11(10(15)7-9)21-8-13(18)16-17-14(19)12-3-2-6-20-12/h2-7H,8H2,1H3,(H,16,18)(H,17,19). The van der Waals surface area contributed by atoms with Crippen molar-refractivity contribution in [1.82, 2.24) is 10.9 Å². The molecule has 0 aliphatic heterocycles. The van der Waals surface area contributed by atoms with Gasteiger partial charge in [-0.05, 0) is 52.7 Å². The fourth-order valence-corrected chi connectivity index (χ4v) is 2.11. The van der Waals surface area contributed by atoms with Gasteiger partial charge in [0.2, 0.25) is 0 Å². The Labute approximate surface area is 129 Å². The van der Waals surface area contributed by atoms with Crippen LogP contribution in [0.4, 0.5) is 0 Å². The minimum absolute atomic E-state index is 0.109. The normalized spacial score (nSPS) is 10.0. The quantitative estimate of drug-likeness (QED) is 0.826.